The summed E-state index contributed by atoms with van der Waals surface area (Å²) >= 11 is 0. The monoisotopic (exact) mass is 301 g/mol. The number of carboxylic acids is 2. The van der Waals surface area contributed by atoms with E-state index >= 15 is 0 Å². The summed E-state index contributed by atoms with van der Waals surface area (Å²) in [6.07, 6.45) is 0. The second kappa shape index (κ2) is 7.12. The molecule has 0 saturated heterocycles. The van der Waals surface area contributed by atoms with Crippen LogP contribution in [0.2, 0.25) is 0 Å². The van der Waals surface area contributed by atoms with Crippen molar-refractivity contribution in [3.63, 3.8) is 0 Å². The van der Waals surface area contributed by atoms with Crippen LogP contribution in [0.25, 0.3) is 0 Å². The van der Waals surface area contributed by atoms with Crippen LogP contribution in [0.3, 0.4) is 0 Å². The van der Waals surface area contributed by atoms with Gasteiger partial charge in [0.1, 0.15) is 5.75 Å². The minimum absolute atomic E-state index is 0.212. The van der Waals surface area contributed by atoms with E-state index in [-0.39, 0.29) is 12.2 Å². The molecule has 2 aromatic carbocycles. The van der Waals surface area contributed by atoms with Gasteiger partial charge >= 0.3 is 11.9 Å². The van der Waals surface area contributed by atoms with Crippen molar-refractivity contribution in [2.45, 2.75) is 6.54 Å². The van der Waals surface area contributed by atoms with E-state index in [1.165, 1.54) is 6.07 Å². The van der Waals surface area contributed by atoms with Crippen LogP contribution in [-0.2, 0) is 11.3 Å². The van der Waals surface area contributed by atoms with Crippen molar-refractivity contribution in [3.8, 4) is 5.75 Å². The second-order valence-corrected chi connectivity index (χ2v) is 4.53. The highest BCUT2D eigenvalue weighted by Crippen LogP contribution is 2.17. The zero-order valence-electron chi connectivity index (χ0n) is 11.7. The number of para-hydroxylation sites is 1. The summed E-state index contributed by atoms with van der Waals surface area (Å²) in [6.45, 7) is 0.0626. The van der Waals surface area contributed by atoms with E-state index in [0.717, 1.165) is 5.56 Å². The zero-order chi connectivity index (χ0) is 15.9. The van der Waals surface area contributed by atoms with E-state index in [9.17, 15) is 9.59 Å². The lowest BCUT2D eigenvalue weighted by molar-refractivity contribution is -0.139. The summed E-state index contributed by atoms with van der Waals surface area (Å²) in [7, 11) is 0. The first kappa shape index (κ1) is 15.4. The predicted octanol–water partition coefficient (Wildman–Crippen LogP) is 2.46. The topological polar surface area (TPSA) is 95.9 Å². The molecule has 0 aromatic heterocycles. The molecule has 0 saturated carbocycles. The van der Waals surface area contributed by atoms with Crippen molar-refractivity contribution in [2.24, 2.45) is 0 Å². The highest BCUT2D eigenvalue weighted by atomic mass is 16.5. The van der Waals surface area contributed by atoms with Crippen molar-refractivity contribution >= 4 is 17.6 Å². The quantitative estimate of drug-likeness (QED) is 0.727. The normalized spacial score (nSPS) is 10.0. The van der Waals surface area contributed by atoms with Crippen LogP contribution in [-0.4, -0.2) is 28.8 Å². The highest BCUT2D eigenvalue weighted by Gasteiger charge is 2.08. The van der Waals surface area contributed by atoms with E-state index < -0.39 is 11.9 Å². The average molecular weight is 301 g/mol. The highest BCUT2D eigenvalue weighted by molar-refractivity contribution is 5.94. The molecule has 0 fully saturated rings. The molecule has 0 spiro atoms. The Morgan fingerprint density at radius 1 is 1.00 bits per heavy atom. The third-order valence-corrected chi connectivity index (χ3v) is 2.93. The first-order chi connectivity index (χ1) is 10.6. The van der Waals surface area contributed by atoms with Crippen LogP contribution in [0.4, 0.5) is 5.69 Å². The van der Waals surface area contributed by atoms with Gasteiger partial charge in [-0.1, -0.05) is 24.3 Å². The molecule has 0 aliphatic carbocycles. The van der Waals surface area contributed by atoms with Gasteiger partial charge in [0.2, 0.25) is 0 Å². The van der Waals surface area contributed by atoms with E-state index in [0.29, 0.717) is 18.0 Å². The van der Waals surface area contributed by atoms with Crippen LogP contribution in [0.1, 0.15) is 15.9 Å². The molecular formula is C16H15NO5. The Labute approximate surface area is 127 Å². The van der Waals surface area contributed by atoms with Gasteiger partial charge in [0.15, 0.2) is 6.61 Å². The lowest BCUT2D eigenvalue weighted by Gasteiger charge is -2.10. The number of carbonyl (C=O) groups is 2. The molecule has 0 atom stereocenters. The van der Waals surface area contributed by atoms with Crippen molar-refractivity contribution < 1.29 is 24.5 Å². The number of rotatable bonds is 7. The molecule has 0 amide bonds. The molecule has 0 unspecified atom stereocenters. The summed E-state index contributed by atoms with van der Waals surface area (Å²) in [5, 5.41) is 20.7. The van der Waals surface area contributed by atoms with Crippen molar-refractivity contribution in [1.82, 2.24) is 0 Å². The molecule has 0 aliphatic heterocycles. The Bertz CT molecular complexity index is 666. The van der Waals surface area contributed by atoms with E-state index in [2.05, 4.69) is 5.32 Å². The zero-order valence-corrected chi connectivity index (χ0v) is 11.7. The molecule has 22 heavy (non-hydrogen) atoms. The Kier molecular flexibility index (Phi) is 4.98. The number of nitrogens with one attached hydrogen (secondary N) is 1. The maximum Gasteiger partial charge on any atom is 0.341 e. The standard InChI is InChI=1S/C16H15NO5/c18-15(19)10-22-12-7-5-11(6-8-12)9-17-14-4-2-1-3-13(14)16(20)21/h1-8,17H,9-10H2,(H,18,19)(H,20,21). The number of aromatic carboxylic acids is 1. The van der Waals surface area contributed by atoms with Gasteiger partial charge in [-0.05, 0) is 29.8 Å². The van der Waals surface area contributed by atoms with E-state index in [1.807, 2.05) is 0 Å². The molecule has 2 rings (SSSR count). The molecule has 0 heterocycles. The average Bonchev–Trinajstić information content (AvgIpc) is 2.52. The first-order valence-corrected chi connectivity index (χ1v) is 6.56. The van der Waals surface area contributed by atoms with Crippen molar-refractivity contribution in [1.29, 1.82) is 0 Å². The van der Waals surface area contributed by atoms with Gasteiger partial charge in [-0.3, -0.25) is 0 Å². The van der Waals surface area contributed by atoms with Gasteiger partial charge in [0.25, 0.3) is 0 Å². The van der Waals surface area contributed by atoms with Crippen molar-refractivity contribution in [2.75, 3.05) is 11.9 Å². The fourth-order valence-corrected chi connectivity index (χ4v) is 1.87. The van der Waals surface area contributed by atoms with Crippen LogP contribution in [0.15, 0.2) is 48.5 Å². The molecule has 0 aliphatic rings. The number of aliphatic carboxylic acids is 1. The number of carboxylic acid groups (broad SMARTS) is 2. The Hall–Kier alpha value is -3.02. The Morgan fingerprint density at radius 3 is 2.32 bits per heavy atom. The third kappa shape index (κ3) is 4.24. The largest absolute Gasteiger partial charge is 0.482 e. The summed E-state index contributed by atoms with van der Waals surface area (Å²) in [6, 6.07) is 13.6. The number of hydrogen-bond donors (Lipinski definition) is 3. The third-order valence-electron chi connectivity index (χ3n) is 2.93. The fourth-order valence-electron chi connectivity index (χ4n) is 1.87. The lowest BCUT2D eigenvalue weighted by Crippen LogP contribution is -2.09. The van der Waals surface area contributed by atoms with Gasteiger partial charge in [-0.25, -0.2) is 9.59 Å². The maximum absolute atomic E-state index is 11.1. The second-order valence-electron chi connectivity index (χ2n) is 4.53. The van der Waals surface area contributed by atoms with Crippen molar-refractivity contribution in [3.05, 3.63) is 59.7 Å². The van der Waals surface area contributed by atoms with Gasteiger partial charge in [-0.15, -0.1) is 0 Å². The number of ether oxygens (including phenoxy) is 1. The van der Waals surface area contributed by atoms with Gasteiger partial charge in [0.05, 0.1) is 5.56 Å². The Balaban J connectivity index is 1.97. The first-order valence-electron chi connectivity index (χ1n) is 6.56. The fraction of sp³-hybridized carbons (Fsp3) is 0.125. The molecule has 114 valence electrons. The molecule has 2 aromatic rings. The minimum Gasteiger partial charge on any atom is -0.482 e. The van der Waals surface area contributed by atoms with Gasteiger partial charge in [-0.2, -0.15) is 0 Å². The van der Waals surface area contributed by atoms with Gasteiger partial charge < -0.3 is 20.3 Å². The predicted molar refractivity (Wildman–Crippen MR) is 80.3 cm³/mol. The molecule has 6 heteroatoms. The SMILES string of the molecule is O=C(O)COc1ccc(CNc2ccccc2C(=O)O)cc1. The number of benzene rings is 2. The van der Waals surface area contributed by atoms with Crippen LogP contribution in [0, 0.1) is 0 Å². The molecule has 0 radical (unpaired) electrons. The maximum atomic E-state index is 11.1. The molecule has 3 N–H and O–H groups in total. The van der Waals surface area contributed by atoms with Gasteiger partial charge in [0, 0.05) is 12.2 Å². The molecule has 0 bridgehead atoms. The van der Waals surface area contributed by atoms with E-state index in [1.54, 1.807) is 42.5 Å². The summed E-state index contributed by atoms with van der Waals surface area (Å²) in [4.78, 5) is 21.5. The molecule has 6 nitrogen and oxygen atoms in total. The van der Waals surface area contributed by atoms with Crippen LogP contribution < -0.4 is 10.1 Å². The minimum atomic E-state index is -1.03. The summed E-state index contributed by atoms with van der Waals surface area (Å²) in [5.41, 5.74) is 1.67. The smallest absolute Gasteiger partial charge is 0.341 e. The van der Waals surface area contributed by atoms with E-state index in [4.69, 9.17) is 14.9 Å². The Morgan fingerprint density at radius 2 is 1.68 bits per heavy atom. The molecular weight excluding hydrogens is 286 g/mol. The van der Waals surface area contributed by atoms with Crippen LogP contribution in [0.5, 0.6) is 5.75 Å². The lowest BCUT2D eigenvalue weighted by atomic mass is 10.1. The number of anilines is 1. The summed E-state index contributed by atoms with van der Waals surface area (Å²) < 4.78 is 5.04. The summed E-state index contributed by atoms with van der Waals surface area (Å²) in [5.74, 6) is -1.55. The number of hydrogen-bond acceptors (Lipinski definition) is 4. The van der Waals surface area contributed by atoms with Crippen LogP contribution >= 0.6 is 0 Å².